The van der Waals surface area contributed by atoms with Crippen LogP contribution in [0.2, 0.25) is 0 Å². The quantitative estimate of drug-likeness (QED) is 0.886. The lowest BCUT2D eigenvalue weighted by molar-refractivity contribution is 0.841. The molecule has 1 fully saturated rings. The monoisotopic (exact) mass is 289 g/mol. The lowest BCUT2D eigenvalue weighted by Crippen LogP contribution is -2.19. The fourth-order valence-corrected chi connectivity index (χ4v) is 2.63. The first-order valence-electron chi connectivity index (χ1n) is 6.97. The fourth-order valence-electron chi connectivity index (χ4n) is 2.08. The zero-order valence-electron chi connectivity index (χ0n) is 11.8. The van der Waals surface area contributed by atoms with Gasteiger partial charge in [0.25, 0.3) is 0 Å². The average molecular weight is 289 g/mol. The molecule has 1 aliphatic carbocycles. The number of anilines is 2. The lowest BCUT2D eigenvalue weighted by atomic mass is 10.3. The van der Waals surface area contributed by atoms with Crippen molar-refractivity contribution in [1.82, 2.24) is 15.0 Å². The molecule has 2 heterocycles. The molecule has 0 atom stereocenters. The van der Waals surface area contributed by atoms with Gasteiger partial charge in [-0.05, 0) is 19.8 Å². The molecule has 5 nitrogen and oxygen atoms in total. The topological polar surface area (TPSA) is 53.9 Å². The van der Waals surface area contributed by atoms with E-state index in [2.05, 4.69) is 32.5 Å². The Labute approximate surface area is 123 Å². The molecule has 2 aromatic rings. The summed E-state index contributed by atoms with van der Waals surface area (Å²) in [6, 6.07) is 2.02. The van der Waals surface area contributed by atoms with Crippen LogP contribution in [0.25, 0.3) is 0 Å². The molecule has 0 spiro atoms. The molecule has 0 aliphatic heterocycles. The molecule has 0 bridgehead atoms. The van der Waals surface area contributed by atoms with Crippen LogP contribution in [-0.4, -0.2) is 28.5 Å². The first-order valence-corrected chi connectivity index (χ1v) is 7.91. The maximum absolute atomic E-state index is 4.71. The molecule has 0 unspecified atom stereocenters. The van der Waals surface area contributed by atoms with Crippen LogP contribution in [0.5, 0.6) is 0 Å². The number of nitrogens with one attached hydrogen (secondary N) is 1. The van der Waals surface area contributed by atoms with Crippen LogP contribution in [0, 0.1) is 0 Å². The zero-order chi connectivity index (χ0) is 13.9. The second kappa shape index (κ2) is 5.75. The third-order valence-electron chi connectivity index (χ3n) is 3.30. The molecule has 6 heteroatoms. The molecule has 0 radical (unpaired) electrons. The van der Waals surface area contributed by atoms with Crippen LogP contribution < -0.4 is 10.2 Å². The van der Waals surface area contributed by atoms with Crippen LogP contribution in [-0.2, 0) is 6.54 Å². The zero-order valence-corrected chi connectivity index (χ0v) is 12.7. The highest BCUT2D eigenvalue weighted by atomic mass is 32.1. The highest BCUT2D eigenvalue weighted by molar-refractivity contribution is 7.07. The van der Waals surface area contributed by atoms with Gasteiger partial charge >= 0.3 is 0 Å². The SMILES string of the molecule is CCNc1cc(N(C)Cc2cscn2)nc(C2CC2)n1. The Kier molecular flexibility index (Phi) is 3.82. The van der Waals surface area contributed by atoms with Crippen LogP contribution in [0.1, 0.15) is 37.2 Å². The standard InChI is InChI=1S/C14H19N5S/c1-3-15-12-6-13(18-14(17-12)10-4-5-10)19(2)7-11-8-20-9-16-11/h6,8-10H,3-5,7H2,1-2H3,(H,15,17,18). The summed E-state index contributed by atoms with van der Waals surface area (Å²) in [7, 11) is 2.05. The minimum Gasteiger partial charge on any atom is -0.370 e. The van der Waals surface area contributed by atoms with Crippen LogP contribution >= 0.6 is 11.3 Å². The van der Waals surface area contributed by atoms with Crippen molar-refractivity contribution in [3.8, 4) is 0 Å². The van der Waals surface area contributed by atoms with Gasteiger partial charge in [-0.2, -0.15) is 0 Å². The second-order valence-electron chi connectivity index (χ2n) is 5.11. The molecule has 20 heavy (non-hydrogen) atoms. The fraction of sp³-hybridized carbons (Fsp3) is 0.500. The predicted octanol–water partition coefficient (Wildman–Crippen LogP) is 2.88. The molecule has 0 amide bonds. The highest BCUT2D eigenvalue weighted by Crippen LogP contribution is 2.39. The third-order valence-corrected chi connectivity index (χ3v) is 3.94. The number of nitrogens with zero attached hydrogens (tertiary/aromatic N) is 4. The Morgan fingerprint density at radius 2 is 2.25 bits per heavy atom. The van der Waals surface area contributed by atoms with Crippen LogP contribution in [0.3, 0.4) is 0 Å². The lowest BCUT2D eigenvalue weighted by Gasteiger charge is -2.18. The molecule has 1 saturated carbocycles. The van der Waals surface area contributed by atoms with Gasteiger partial charge in [0, 0.05) is 31.0 Å². The summed E-state index contributed by atoms with van der Waals surface area (Å²) in [5.41, 5.74) is 2.94. The van der Waals surface area contributed by atoms with Crippen molar-refractivity contribution in [3.05, 3.63) is 28.5 Å². The van der Waals surface area contributed by atoms with E-state index < -0.39 is 0 Å². The van der Waals surface area contributed by atoms with E-state index >= 15 is 0 Å². The van der Waals surface area contributed by atoms with Crippen molar-refractivity contribution in [1.29, 1.82) is 0 Å². The maximum atomic E-state index is 4.71. The normalized spacial score (nSPS) is 14.3. The van der Waals surface area contributed by atoms with Gasteiger partial charge in [0.05, 0.1) is 17.7 Å². The van der Waals surface area contributed by atoms with Crippen molar-refractivity contribution in [3.63, 3.8) is 0 Å². The van der Waals surface area contributed by atoms with Gasteiger partial charge < -0.3 is 10.2 Å². The number of thiazole rings is 1. The first kappa shape index (κ1) is 13.3. The summed E-state index contributed by atoms with van der Waals surface area (Å²) in [5.74, 6) is 3.42. The van der Waals surface area contributed by atoms with E-state index in [1.165, 1.54) is 12.8 Å². The van der Waals surface area contributed by atoms with Crippen LogP contribution in [0.4, 0.5) is 11.6 Å². The van der Waals surface area contributed by atoms with E-state index in [0.717, 1.165) is 36.2 Å². The summed E-state index contributed by atoms with van der Waals surface area (Å²) in [5, 5.41) is 5.37. The third kappa shape index (κ3) is 3.07. The molecule has 0 saturated heterocycles. The molecule has 1 aliphatic rings. The summed E-state index contributed by atoms with van der Waals surface area (Å²) in [6.07, 6.45) is 2.43. The average Bonchev–Trinajstić information content (AvgIpc) is 3.18. The van der Waals surface area contributed by atoms with Crippen molar-refractivity contribution in [2.24, 2.45) is 0 Å². The summed E-state index contributed by atoms with van der Waals surface area (Å²) in [6.45, 7) is 3.73. The number of aromatic nitrogens is 3. The Balaban J connectivity index is 1.82. The van der Waals surface area contributed by atoms with E-state index in [1.54, 1.807) is 11.3 Å². The van der Waals surface area contributed by atoms with E-state index in [-0.39, 0.29) is 0 Å². The predicted molar refractivity (Wildman–Crippen MR) is 82.4 cm³/mol. The van der Waals surface area contributed by atoms with Crippen molar-refractivity contribution in [2.45, 2.75) is 32.2 Å². The summed E-state index contributed by atoms with van der Waals surface area (Å²) < 4.78 is 0. The summed E-state index contributed by atoms with van der Waals surface area (Å²) in [4.78, 5) is 15.8. The number of rotatable bonds is 6. The maximum Gasteiger partial charge on any atom is 0.136 e. The van der Waals surface area contributed by atoms with Crippen molar-refractivity contribution < 1.29 is 0 Å². The second-order valence-corrected chi connectivity index (χ2v) is 5.83. The Morgan fingerprint density at radius 3 is 2.90 bits per heavy atom. The summed E-state index contributed by atoms with van der Waals surface area (Å²) >= 11 is 1.62. The van der Waals surface area contributed by atoms with Crippen molar-refractivity contribution >= 4 is 23.0 Å². The first-order chi connectivity index (χ1) is 9.76. The minimum atomic E-state index is 0.556. The number of hydrogen-bond donors (Lipinski definition) is 1. The van der Waals surface area contributed by atoms with Gasteiger partial charge in [0.2, 0.25) is 0 Å². The van der Waals surface area contributed by atoms with E-state index in [9.17, 15) is 0 Å². The van der Waals surface area contributed by atoms with Gasteiger partial charge in [0.15, 0.2) is 0 Å². The molecule has 3 rings (SSSR count). The number of hydrogen-bond acceptors (Lipinski definition) is 6. The van der Waals surface area contributed by atoms with Crippen molar-refractivity contribution in [2.75, 3.05) is 23.8 Å². The van der Waals surface area contributed by atoms with Gasteiger partial charge in [-0.3, -0.25) is 0 Å². The molecular weight excluding hydrogens is 270 g/mol. The Hall–Kier alpha value is -1.69. The molecule has 2 aromatic heterocycles. The Bertz CT molecular complexity index is 565. The Morgan fingerprint density at radius 1 is 1.40 bits per heavy atom. The van der Waals surface area contributed by atoms with Gasteiger partial charge in [-0.25, -0.2) is 15.0 Å². The van der Waals surface area contributed by atoms with E-state index in [1.807, 2.05) is 18.6 Å². The smallest absolute Gasteiger partial charge is 0.136 e. The van der Waals surface area contributed by atoms with E-state index in [4.69, 9.17) is 4.98 Å². The van der Waals surface area contributed by atoms with E-state index in [0.29, 0.717) is 5.92 Å². The molecule has 106 valence electrons. The minimum absolute atomic E-state index is 0.556. The van der Waals surface area contributed by atoms with Gasteiger partial charge in [-0.15, -0.1) is 11.3 Å². The largest absolute Gasteiger partial charge is 0.370 e. The van der Waals surface area contributed by atoms with Gasteiger partial charge in [-0.1, -0.05) is 0 Å². The molecular formula is C14H19N5S. The van der Waals surface area contributed by atoms with Gasteiger partial charge in [0.1, 0.15) is 17.5 Å². The van der Waals surface area contributed by atoms with Crippen LogP contribution in [0.15, 0.2) is 17.0 Å². The highest BCUT2D eigenvalue weighted by Gasteiger charge is 2.27. The molecule has 0 aromatic carbocycles. The molecule has 1 N–H and O–H groups in total.